The molecular formula is C14H17N3O3S3. The van der Waals surface area contributed by atoms with Crippen molar-refractivity contribution in [1.29, 1.82) is 0 Å². The Morgan fingerprint density at radius 3 is 2.83 bits per heavy atom. The highest BCUT2D eigenvalue weighted by Crippen LogP contribution is 2.32. The second-order valence-corrected chi connectivity index (χ2v) is 9.65. The van der Waals surface area contributed by atoms with Crippen LogP contribution in [0.1, 0.15) is 29.3 Å². The monoisotopic (exact) mass is 371 g/mol. The average Bonchev–Trinajstić information content (AvgIpc) is 3.11. The topological polar surface area (TPSA) is 79.4 Å². The highest BCUT2D eigenvalue weighted by molar-refractivity contribution is 7.91. The fourth-order valence-electron chi connectivity index (χ4n) is 2.40. The van der Waals surface area contributed by atoms with E-state index in [0.717, 1.165) is 21.9 Å². The molecule has 23 heavy (non-hydrogen) atoms. The molecule has 0 bridgehead atoms. The summed E-state index contributed by atoms with van der Waals surface area (Å²) in [6.07, 6.45) is 1.40. The fourth-order valence-corrected chi connectivity index (χ4v) is 6.41. The summed E-state index contributed by atoms with van der Waals surface area (Å²) in [6.45, 7) is 4.17. The summed E-state index contributed by atoms with van der Waals surface area (Å²) in [5.74, 6) is -0.175. The smallest absolute Gasteiger partial charge is 0.252 e. The van der Waals surface area contributed by atoms with Gasteiger partial charge in [-0.2, -0.15) is 4.31 Å². The van der Waals surface area contributed by atoms with Crippen LogP contribution in [0.5, 0.6) is 0 Å². The van der Waals surface area contributed by atoms with E-state index in [9.17, 15) is 13.2 Å². The van der Waals surface area contributed by atoms with E-state index in [1.807, 2.05) is 13.0 Å². The molecule has 9 heteroatoms. The Labute approximate surface area is 143 Å². The van der Waals surface area contributed by atoms with Crippen LogP contribution in [-0.4, -0.2) is 30.2 Å². The number of anilines is 1. The zero-order valence-corrected chi connectivity index (χ0v) is 15.3. The average molecular weight is 372 g/mol. The Morgan fingerprint density at radius 2 is 2.17 bits per heavy atom. The van der Waals surface area contributed by atoms with E-state index >= 15 is 0 Å². The number of aryl methyl sites for hydroxylation is 1. The van der Waals surface area contributed by atoms with Crippen LogP contribution in [0, 0.1) is 0 Å². The van der Waals surface area contributed by atoms with Gasteiger partial charge >= 0.3 is 0 Å². The summed E-state index contributed by atoms with van der Waals surface area (Å²) < 4.78 is 27.4. The van der Waals surface area contributed by atoms with E-state index in [0.29, 0.717) is 28.9 Å². The molecule has 0 saturated carbocycles. The predicted octanol–water partition coefficient (Wildman–Crippen LogP) is 2.47. The molecule has 6 nitrogen and oxygen atoms in total. The number of aromatic nitrogens is 1. The third kappa shape index (κ3) is 3.32. The quantitative estimate of drug-likeness (QED) is 0.895. The Morgan fingerprint density at radius 1 is 1.39 bits per heavy atom. The number of sulfonamides is 1. The number of fused-ring (bicyclic) bond motifs is 1. The lowest BCUT2D eigenvalue weighted by molar-refractivity contribution is -0.114. The summed E-state index contributed by atoms with van der Waals surface area (Å²) >= 11 is 2.67. The van der Waals surface area contributed by atoms with Crippen LogP contribution < -0.4 is 5.32 Å². The molecule has 0 fully saturated rings. The van der Waals surface area contributed by atoms with E-state index in [-0.39, 0.29) is 5.91 Å². The molecule has 0 aliphatic carbocycles. The second-order valence-electron chi connectivity index (χ2n) is 5.23. The minimum absolute atomic E-state index is 0.175. The SMILES string of the molecule is CCc1ccc(S(=O)(=O)N2CCc3nc(NC(C)=O)sc3C2)s1. The minimum Gasteiger partial charge on any atom is -0.302 e. The number of thiophene rings is 1. The first-order chi connectivity index (χ1) is 10.9. The Hall–Kier alpha value is -1.29. The van der Waals surface area contributed by atoms with Crippen molar-refractivity contribution in [3.8, 4) is 0 Å². The maximum atomic E-state index is 12.8. The van der Waals surface area contributed by atoms with E-state index < -0.39 is 10.0 Å². The van der Waals surface area contributed by atoms with Gasteiger partial charge in [0.1, 0.15) is 4.21 Å². The number of hydrogen-bond donors (Lipinski definition) is 1. The number of nitrogens with zero attached hydrogens (tertiary/aromatic N) is 2. The van der Waals surface area contributed by atoms with Gasteiger partial charge in [-0.3, -0.25) is 4.79 Å². The number of carbonyl (C=O) groups excluding carboxylic acids is 1. The molecule has 0 spiro atoms. The van der Waals surface area contributed by atoms with Gasteiger partial charge in [0, 0.05) is 29.6 Å². The molecule has 2 aromatic rings. The number of hydrogen-bond acceptors (Lipinski definition) is 6. The zero-order valence-electron chi connectivity index (χ0n) is 12.8. The minimum atomic E-state index is -3.46. The van der Waals surface area contributed by atoms with Crippen molar-refractivity contribution in [3.63, 3.8) is 0 Å². The second kappa shape index (κ2) is 6.31. The first-order valence-electron chi connectivity index (χ1n) is 7.25. The standard InChI is InChI=1S/C14H17N3O3S3/c1-3-10-4-5-13(21-10)23(19,20)17-7-6-11-12(8-17)22-14(16-11)15-9(2)18/h4-5H,3,6-8H2,1-2H3,(H,15,16,18). The van der Waals surface area contributed by atoms with Gasteiger partial charge in [-0.15, -0.1) is 22.7 Å². The van der Waals surface area contributed by atoms with Gasteiger partial charge in [-0.1, -0.05) is 6.92 Å². The largest absolute Gasteiger partial charge is 0.302 e. The van der Waals surface area contributed by atoms with Crippen molar-refractivity contribution >= 4 is 43.7 Å². The van der Waals surface area contributed by atoms with E-state index in [2.05, 4.69) is 10.3 Å². The maximum absolute atomic E-state index is 12.8. The summed E-state index contributed by atoms with van der Waals surface area (Å²) in [5.41, 5.74) is 0.880. The summed E-state index contributed by atoms with van der Waals surface area (Å²) in [5, 5.41) is 3.19. The van der Waals surface area contributed by atoms with E-state index in [1.165, 1.54) is 33.9 Å². The van der Waals surface area contributed by atoms with Gasteiger partial charge in [0.25, 0.3) is 10.0 Å². The summed E-state index contributed by atoms with van der Waals surface area (Å²) in [7, 11) is -3.46. The lowest BCUT2D eigenvalue weighted by Crippen LogP contribution is -2.35. The van der Waals surface area contributed by atoms with Gasteiger partial charge in [0.05, 0.1) is 12.2 Å². The molecule has 3 heterocycles. The fraction of sp³-hybridized carbons (Fsp3) is 0.429. The molecule has 1 aliphatic rings. The molecule has 0 unspecified atom stereocenters. The highest BCUT2D eigenvalue weighted by Gasteiger charge is 2.31. The molecule has 0 aromatic carbocycles. The predicted molar refractivity (Wildman–Crippen MR) is 91.4 cm³/mol. The first-order valence-corrected chi connectivity index (χ1v) is 10.3. The molecule has 3 rings (SSSR count). The van der Waals surface area contributed by atoms with Gasteiger partial charge in [0.15, 0.2) is 5.13 Å². The van der Waals surface area contributed by atoms with Crippen molar-refractivity contribution in [2.24, 2.45) is 0 Å². The lowest BCUT2D eigenvalue weighted by Gasteiger charge is -2.24. The number of nitrogens with one attached hydrogen (secondary N) is 1. The molecule has 0 radical (unpaired) electrons. The lowest BCUT2D eigenvalue weighted by atomic mass is 10.2. The highest BCUT2D eigenvalue weighted by atomic mass is 32.2. The maximum Gasteiger partial charge on any atom is 0.252 e. The normalized spacial score (nSPS) is 15.4. The van der Waals surface area contributed by atoms with Gasteiger partial charge < -0.3 is 5.32 Å². The Bertz CT molecular complexity index is 839. The van der Waals surface area contributed by atoms with Crippen LogP contribution in [0.2, 0.25) is 0 Å². The number of rotatable bonds is 4. The molecule has 2 aromatic heterocycles. The van der Waals surface area contributed by atoms with Gasteiger partial charge in [0.2, 0.25) is 5.91 Å². The van der Waals surface area contributed by atoms with Crippen LogP contribution in [0.25, 0.3) is 0 Å². The van der Waals surface area contributed by atoms with Gasteiger partial charge in [-0.25, -0.2) is 13.4 Å². The molecule has 124 valence electrons. The van der Waals surface area contributed by atoms with Crippen LogP contribution >= 0.6 is 22.7 Å². The number of amides is 1. The van der Waals surface area contributed by atoms with E-state index in [4.69, 9.17) is 0 Å². The van der Waals surface area contributed by atoms with Crippen molar-refractivity contribution in [2.75, 3.05) is 11.9 Å². The summed E-state index contributed by atoms with van der Waals surface area (Å²) in [4.78, 5) is 17.4. The summed E-state index contributed by atoms with van der Waals surface area (Å²) in [6, 6.07) is 3.55. The van der Waals surface area contributed by atoms with Crippen molar-refractivity contribution in [1.82, 2.24) is 9.29 Å². The molecular weight excluding hydrogens is 354 g/mol. The third-order valence-corrected chi connectivity index (χ3v) is 8.10. The van der Waals surface area contributed by atoms with Crippen LogP contribution in [0.4, 0.5) is 5.13 Å². The molecule has 1 aliphatic heterocycles. The molecule has 0 atom stereocenters. The Kier molecular flexibility index (Phi) is 4.54. The van der Waals surface area contributed by atoms with Crippen LogP contribution in [0.3, 0.4) is 0 Å². The van der Waals surface area contributed by atoms with Crippen molar-refractivity contribution < 1.29 is 13.2 Å². The molecule has 0 saturated heterocycles. The third-order valence-electron chi connectivity index (χ3n) is 3.56. The first kappa shape index (κ1) is 16.6. The molecule has 1 amide bonds. The van der Waals surface area contributed by atoms with Crippen molar-refractivity contribution in [3.05, 3.63) is 27.6 Å². The van der Waals surface area contributed by atoms with Gasteiger partial charge in [-0.05, 0) is 18.6 Å². The Balaban J connectivity index is 1.83. The zero-order chi connectivity index (χ0) is 16.6. The van der Waals surface area contributed by atoms with E-state index in [1.54, 1.807) is 6.07 Å². The van der Waals surface area contributed by atoms with Crippen LogP contribution in [-0.2, 0) is 34.2 Å². The van der Waals surface area contributed by atoms with Crippen LogP contribution in [0.15, 0.2) is 16.3 Å². The molecule has 1 N–H and O–H groups in total. The van der Waals surface area contributed by atoms with Crippen molar-refractivity contribution in [2.45, 2.75) is 37.4 Å². The number of carbonyl (C=O) groups is 1. The number of thiazole rings is 1.